The third kappa shape index (κ3) is 4.05. The summed E-state index contributed by atoms with van der Waals surface area (Å²) in [5.41, 5.74) is 1.54. The van der Waals surface area contributed by atoms with Gasteiger partial charge in [0.25, 0.3) is 0 Å². The van der Waals surface area contributed by atoms with Crippen molar-refractivity contribution in [1.82, 2.24) is 14.9 Å². The number of imidazole rings is 1. The van der Waals surface area contributed by atoms with Gasteiger partial charge in [0.2, 0.25) is 0 Å². The standard InChI is InChI=1S/C16H21ClFN3/c1-11(2)7-19-8-13-9-20-12(3)21(13)10-14-15(17)5-4-6-16(14)18/h4-6,9,11,19H,7-8,10H2,1-3H3. The van der Waals surface area contributed by atoms with E-state index in [4.69, 9.17) is 11.6 Å². The molecule has 3 nitrogen and oxygen atoms in total. The second-order valence-corrected chi connectivity index (χ2v) is 6.02. The average molecular weight is 310 g/mol. The third-order valence-corrected chi connectivity index (χ3v) is 3.73. The lowest BCUT2D eigenvalue weighted by atomic mass is 10.2. The first-order valence-electron chi connectivity index (χ1n) is 7.13. The number of nitrogens with zero attached hydrogens (tertiary/aromatic N) is 2. The summed E-state index contributed by atoms with van der Waals surface area (Å²) in [4.78, 5) is 4.33. The quantitative estimate of drug-likeness (QED) is 0.880. The van der Waals surface area contributed by atoms with Crippen LogP contribution in [0.3, 0.4) is 0 Å². The van der Waals surface area contributed by atoms with Gasteiger partial charge in [0, 0.05) is 23.3 Å². The molecule has 0 atom stereocenters. The Balaban J connectivity index is 2.18. The summed E-state index contributed by atoms with van der Waals surface area (Å²) in [5.74, 6) is 1.16. The largest absolute Gasteiger partial charge is 0.326 e. The highest BCUT2D eigenvalue weighted by molar-refractivity contribution is 6.31. The van der Waals surface area contributed by atoms with Crippen LogP contribution >= 0.6 is 11.6 Å². The van der Waals surface area contributed by atoms with Crippen LogP contribution < -0.4 is 5.32 Å². The number of rotatable bonds is 6. The number of hydrogen-bond donors (Lipinski definition) is 1. The topological polar surface area (TPSA) is 29.9 Å². The van der Waals surface area contributed by atoms with E-state index in [9.17, 15) is 4.39 Å². The SMILES string of the molecule is Cc1ncc(CNCC(C)C)n1Cc1c(F)cccc1Cl. The fraction of sp³-hybridized carbons (Fsp3) is 0.438. The first-order valence-corrected chi connectivity index (χ1v) is 7.51. The highest BCUT2D eigenvalue weighted by Gasteiger charge is 2.12. The van der Waals surface area contributed by atoms with E-state index in [1.54, 1.807) is 12.1 Å². The van der Waals surface area contributed by atoms with Gasteiger partial charge in [-0.25, -0.2) is 9.37 Å². The highest BCUT2D eigenvalue weighted by Crippen LogP contribution is 2.21. The second kappa shape index (κ2) is 7.05. The van der Waals surface area contributed by atoms with Crippen LogP contribution in [0.1, 0.15) is 30.9 Å². The molecule has 0 saturated heterocycles. The van der Waals surface area contributed by atoms with Gasteiger partial charge in [0.15, 0.2) is 0 Å². The van der Waals surface area contributed by atoms with Crippen LogP contribution in [0, 0.1) is 18.7 Å². The van der Waals surface area contributed by atoms with Crippen molar-refractivity contribution in [3.63, 3.8) is 0 Å². The fourth-order valence-electron chi connectivity index (χ4n) is 2.20. The van der Waals surface area contributed by atoms with Gasteiger partial charge in [0.1, 0.15) is 11.6 Å². The lowest BCUT2D eigenvalue weighted by Gasteiger charge is -2.13. The molecule has 2 rings (SSSR count). The Bertz CT molecular complexity index is 587. The third-order valence-electron chi connectivity index (χ3n) is 3.37. The maximum atomic E-state index is 13.9. The maximum Gasteiger partial charge on any atom is 0.129 e. The molecule has 1 aromatic heterocycles. The summed E-state index contributed by atoms with van der Waals surface area (Å²) in [6, 6.07) is 4.76. The van der Waals surface area contributed by atoms with E-state index in [0.717, 1.165) is 18.1 Å². The molecule has 0 aliphatic carbocycles. The van der Waals surface area contributed by atoms with Crippen molar-refractivity contribution in [2.75, 3.05) is 6.54 Å². The van der Waals surface area contributed by atoms with Crippen molar-refractivity contribution < 1.29 is 4.39 Å². The van der Waals surface area contributed by atoms with Crippen LogP contribution in [-0.4, -0.2) is 16.1 Å². The van der Waals surface area contributed by atoms with Gasteiger partial charge < -0.3 is 9.88 Å². The van der Waals surface area contributed by atoms with E-state index in [1.165, 1.54) is 6.07 Å². The summed E-state index contributed by atoms with van der Waals surface area (Å²) in [5, 5.41) is 3.83. The van der Waals surface area contributed by atoms with E-state index in [0.29, 0.717) is 29.6 Å². The van der Waals surface area contributed by atoms with Crippen molar-refractivity contribution in [3.8, 4) is 0 Å². The Morgan fingerprint density at radius 1 is 1.38 bits per heavy atom. The minimum atomic E-state index is -0.281. The second-order valence-electron chi connectivity index (χ2n) is 5.61. The van der Waals surface area contributed by atoms with E-state index in [1.807, 2.05) is 17.7 Å². The van der Waals surface area contributed by atoms with Crippen LogP contribution in [0.15, 0.2) is 24.4 Å². The lowest BCUT2D eigenvalue weighted by Crippen LogP contribution is -2.21. The monoisotopic (exact) mass is 309 g/mol. The molecule has 0 bridgehead atoms. The molecule has 2 aromatic rings. The zero-order valence-corrected chi connectivity index (χ0v) is 13.4. The molecule has 114 valence electrons. The van der Waals surface area contributed by atoms with Gasteiger partial charge >= 0.3 is 0 Å². The predicted octanol–water partition coefficient (Wildman–Crippen LogP) is 3.78. The Kier molecular flexibility index (Phi) is 5.37. The Labute approximate surface area is 130 Å². The molecule has 0 aliphatic heterocycles. The summed E-state index contributed by atoms with van der Waals surface area (Å²) in [7, 11) is 0. The lowest BCUT2D eigenvalue weighted by molar-refractivity contribution is 0.534. The Morgan fingerprint density at radius 2 is 2.14 bits per heavy atom. The fourth-order valence-corrected chi connectivity index (χ4v) is 2.43. The molecule has 1 aromatic carbocycles. The molecule has 0 aliphatic rings. The van der Waals surface area contributed by atoms with Gasteiger partial charge in [-0.05, 0) is 31.5 Å². The van der Waals surface area contributed by atoms with Crippen LogP contribution in [-0.2, 0) is 13.1 Å². The van der Waals surface area contributed by atoms with Crippen LogP contribution in [0.4, 0.5) is 4.39 Å². The molecule has 1 heterocycles. The zero-order chi connectivity index (χ0) is 15.4. The van der Waals surface area contributed by atoms with Crippen LogP contribution in [0.2, 0.25) is 5.02 Å². The van der Waals surface area contributed by atoms with Gasteiger partial charge in [-0.1, -0.05) is 31.5 Å². The van der Waals surface area contributed by atoms with Gasteiger partial charge in [-0.15, -0.1) is 0 Å². The van der Waals surface area contributed by atoms with Gasteiger partial charge in [0.05, 0.1) is 12.2 Å². The smallest absolute Gasteiger partial charge is 0.129 e. The summed E-state index contributed by atoms with van der Waals surface area (Å²) in [6.07, 6.45) is 1.83. The van der Waals surface area contributed by atoms with Crippen LogP contribution in [0.25, 0.3) is 0 Å². The molecule has 0 unspecified atom stereocenters. The predicted molar refractivity (Wildman–Crippen MR) is 84.0 cm³/mol. The van der Waals surface area contributed by atoms with Crippen LogP contribution in [0.5, 0.6) is 0 Å². The molecule has 0 fully saturated rings. The number of benzene rings is 1. The Hall–Kier alpha value is -1.39. The van der Waals surface area contributed by atoms with E-state index in [-0.39, 0.29) is 5.82 Å². The summed E-state index contributed by atoms with van der Waals surface area (Å²) in [6.45, 7) is 8.29. The first-order chi connectivity index (χ1) is 9.99. The molecule has 21 heavy (non-hydrogen) atoms. The minimum absolute atomic E-state index is 0.281. The first kappa shape index (κ1) is 16.0. The minimum Gasteiger partial charge on any atom is -0.326 e. The molecular formula is C16H21ClFN3. The molecule has 0 spiro atoms. The molecule has 0 radical (unpaired) electrons. The maximum absolute atomic E-state index is 13.9. The summed E-state index contributed by atoms with van der Waals surface area (Å²) < 4.78 is 15.9. The van der Waals surface area contributed by atoms with E-state index < -0.39 is 0 Å². The van der Waals surface area contributed by atoms with Gasteiger partial charge in [-0.2, -0.15) is 0 Å². The molecule has 1 N–H and O–H groups in total. The number of aryl methyl sites for hydroxylation is 1. The van der Waals surface area contributed by atoms with Crippen molar-refractivity contribution in [3.05, 3.63) is 52.3 Å². The molecular weight excluding hydrogens is 289 g/mol. The van der Waals surface area contributed by atoms with Crippen molar-refractivity contribution in [2.45, 2.75) is 33.9 Å². The van der Waals surface area contributed by atoms with Crippen molar-refractivity contribution in [1.29, 1.82) is 0 Å². The van der Waals surface area contributed by atoms with Gasteiger partial charge in [-0.3, -0.25) is 0 Å². The molecule has 0 saturated carbocycles. The number of halogens is 2. The average Bonchev–Trinajstić information content (AvgIpc) is 2.75. The Morgan fingerprint density at radius 3 is 2.81 bits per heavy atom. The normalized spacial score (nSPS) is 11.3. The number of hydrogen-bond acceptors (Lipinski definition) is 2. The number of aromatic nitrogens is 2. The number of nitrogens with one attached hydrogen (secondary N) is 1. The van der Waals surface area contributed by atoms with Crippen molar-refractivity contribution >= 4 is 11.6 Å². The zero-order valence-electron chi connectivity index (χ0n) is 12.7. The van der Waals surface area contributed by atoms with Crippen molar-refractivity contribution in [2.24, 2.45) is 5.92 Å². The van der Waals surface area contributed by atoms with E-state index >= 15 is 0 Å². The van der Waals surface area contributed by atoms with E-state index in [2.05, 4.69) is 24.1 Å². The highest BCUT2D eigenvalue weighted by atomic mass is 35.5. The summed E-state index contributed by atoms with van der Waals surface area (Å²) >= 11 is 6.11. The molecule has 5 heteroatoms. The molecule has 0 amide bonds.